The molecule has 1 saturated carbocycles. The van der Waals surface area contributed by atoms with E-state index < -0.39 is 23.7 Å². The molecule has 1 heterocycles. The second-order valence-corrected chi connectivity index (χ2v) is 8.25. The van der Waals surface area contributed by atoms with Crippen molar-refractivity contribution < 1.29 is 28.2 Å². The summed E-state index contributed by atoms with van der Waals surface area (Å²) in [6, 6.07) is 8.35. The van der Waals surface area contributed by atoms with Gasteiger partial charge in [-0.2, -0.15) is 0 Å². The van der Waals surface area contributed by atoms with Crippen LogP contribution in [0, 0.1) is 5.82 Å². The predicted molar refractivity (Wildman–Crippen MR) is 119 cm³/mol. The first-order valence-corrected chi connectivity index (χ1v) is 10.9. The van der Waals surface area contributed by atoms with Crippen molar-refractivity contribution in [2.75, 3.05) is 7.11 Å². The number of nitrogens with one attached hydrogen (secondary N) is 1. The van der Waals surface area contributed by atoms with Crippen LogP contribution in [0.15, 0.2) is 42.0 Å². The van der Waals surface area contributed by atoms with E-state index in [2.05, 4.69) is 5.32 Å². The third-order valence-electron chi connectivity index (χ3n) is 5.72. The lowest BCUT2D eigenvalue weighted by atomic mass is 10.0. The zero-order chi connectivity index (χ0) is 23.5. The zero-order valence-corrected chi connectivity index (χ0v) is 18.7. The van der Waals surface area contributed by atoms with Crippen molar-refractivity contribution in [2.24, 2.45) is 0 Å². The van der Waals surface area contributed by atoms with Crippen LogP contribution in [0.5, 0.6) is 11.5 Å². The maximum absolute atomic E-state index is 13.9. The van der Waals surface area contributed by atoms with Crippen LogP contribution in [-0.2, 0) is 16.2 Å². The molecule has 7 nitrogen and oxygen atoms in total. The van der Waals surface area contributed by atoms with Crippen molar-refractivity contribution in [1.29, 1.82) is 0 Å². The lowest BCUT2D eigenvalue weighted by Gasteiger charge is -2.31. The molecule has 33 heavy (non-hydrogen) atoms. The number of carbonyl (C=O) groups is 3. The Labute approximate surface area is 195 Å². The van der Waals surface area contributed by atoms with Gasteiger partial charge in [-0.05, 0) is 42.7 Å². The Kier molecular flexibility index (Phi) is 6.65. The Morgan fingerprint density at radius 1 is 1.18 bits per heavy atom. The van der Waals surface area contributed by atoms with Gasteiger partial charge in [-0.1, -0.05) is 42.6 Å². The molecule has 1 aliphatic carbocycles. The summed E-state index contributed by atoms with van der Waals surface area (Å²) in [5, 5.41) is 2.40. The molecule has 0 unspecified atom stereocenters. The van der Waals surface area contributed by atoms with Gasteiger partial charge < -0.3 is 9.47 Å². The second-order valence-electron chi connectivity index (χ2n) is 7.84. The fourth-order valence-corrected chi connectivity index (χ4v) is 4.33. The number of carbonyl (C=O) groups excluding carboxylic acids is 3. The molecule has 172 valence electrons. The Morgan fingerprint density at radius 3 is 2.61 bits per heavy atom. The van der Waals surface area contributed by atoms with E-state index in [-0.39, 0.29) is 34.7 Å². The largest absolute Gasteiger partial charge is 0.493 e. The predicted octanol–water partition coefficient (Wildman–Crippen LogP) is 4.47. The smallest absolute Gasteiger partial charge is 0.331 e. The zero-order valence-electron chi connectivity index (χ0n) is 17.9. The second kappa shape index (κ2) is 9.62. The molecule has 0 bridgehead atoms. The molecule has 2 aromatic carbocycles. The number of amides is 4. The highest BCUT2D eigenvalue weighted by Crippen LogP contribution is 2.38. The lowest BCUT2D eigenvalue weighted by Crippen LogP contribution is -2.57. The van der Waals surface area contributed by atoms with Gasteiger partial charge in [-0.3, -0.25) is 19.8 Å². The molecule has 1 N–H and O–H groups in total. The van der Waals surface area contributed by atoms with Gasteiger partial charge in [0.15, 0.2) is 11.5 Å². The first kappa shape index (κ1) is 22.8. The SMILES string of the molecule is COc1cc(/C=C2\C(=O)NC(=O)N(C3CCCC3)C2=O)cc(Cl)c1OCc1ccccc1F. The van der Waals surface area contributed by atoms with E-state index in [1.165, 1.54) is 25.3 Å². The van der Waals surface area contributed by atoms with Crippen molar-refractivity contribution in [2.45, 2.75) is 38.3 Å². The fraction of sp³-hybridized carbons (Fsp3) is 0.292. The highest BCUT2D eigenvalue weighted by atomic mass is 35.5. The number of barbiturate groups is 1. The highest BCUT2D eigenvalue weighted by Gasteiger charge is 2.40. The Bertz CT molecular complexity index is 1140. The van der Waals surface area contributed by atoms with Crippen LogP contribution in [0.25, 0.3) is 6.08 Å². The van der Waals surface area contributed by atoms with Gasteiger partial charge >= 0.3 is 6.03 Å². The molecule has 2 fully saturated rings. The van der Waals surface area contributed by atoms with Gasteiger partial charge in [0.1, 0.15) is 18.0 Å². The number of rotatable bonds is 6. The Hall–Kier alpha value is -3.39. The lowest BCUT2D eigenvalue weighted by molar-refractivity contribution is -0.131. The van der Waals surface area contributed by atoms with Crippen LogP contribution in [0.1, 0.15) is 36.8 Å². The molecule has 2 aliphatic rings. The number of hydrogen-bond acceptors (Lipinski definition) is 5. The van der Waals surface area contributed by atoms with E-state index in [9.17, 15) is 18.8 Å². The number of imide groups is 2. The van der Waals surface area contributed by atoms with Gasteiger partial charge in [0.25, 0.3) is 11.8 Å². The van der Waals surface area contributed by atoms with Crippen molar-refractivity contribution in [3.8, 4) is 11.5 Å². The Morgan fingerprint density at radius 2 is 1.91 bits per heavy atom. The van der Waals surface area contributed by atoms with Crippen molar-refractivity contribution in [3.05, 3.63) is 63.9 Å². The molecular formula is C24H22ClFN2O5. The minimum absolute atomic E-state index is 0.0669. The van der Waals surface area contributed by atoms with E-state index in [1.807, 2.05) is 0 Å². The summed E-state index contributed by atoms with van der Waals surface area (Å²) in [6.45, 7) is -0.0669. The number of ether oxygens (including phenoxy) is 2. The maximum Gasteiger partial charge on any atom is 0.331 e. The molecule has 0 spiro atoms. The van der Waals surface area contributed by atoms with Crippen LogP contribution < -0.4 is 14.8 Å². The van der Waals surface area contributed by atoms with Crippen molar-refractivity contribution in [3.63, 3.8) is 0 Å². The number of benzene rings is 2. The number of urea groups is 1. The van der Waals surface area contributed by atoms with Crippen LogP contribution >= 0.6 is 11.6 Å². The molecule has 9 heteroatoms. The van der Waals surface area contributed by atoms with Gasteiger partial charge in [0.05, 0.1) is 12.1 Å². The Balaban J connectivity index is 1.61. The van der Waals surface area contributed by atoms with E-state index in [1.54, 1.807) is 24.3 Å². The number of nitrogens with zero attached hydrogens (tertiary/aromatic N) is 1. The van der Waals surface area contributed by atoms with E-state index in [4.69, 9.17) is 21.1 Å². The van der Waals surface area contributed by atoms with Crippen LogP contribution in [0.4, 0.5) is 9.18 Å². The third-order valence-corrected chi connectivity index (χ3v) is 6.00. The monoisotopic (exact) mass is 472 g/mol. The molecular weight excluding hydrogens is 451 g/mol. The molecule has 0 radical (unpaired) electrons. The van der Waals surface area contributed by atoms with E-state index >= 15 is 0 Å². The minimum Gasteiger partial charge on any atom is -0.493 e. The number of halogens is 2. The first-order valence-electron chi connectivity index (χ1n) is 10.5. The van der Waals surface area contributed by atoms with E-state index in [0.717, 1.165) is 17.7 Å². The molecule has 1 saturated heterocycles. The third kappa shape index (κ3) is 4.71. The highest BCUT2D eigenvalue weighted by molar-refractivity contribution is 6.33. The summed E-state index contributed by atoms with van der Waals surface area (Å²) >= 11 is 6.39. The molecule has 2 aromatic rings. The summed E-state index contributed by atoms with van der Waals surface area (Å²) in [5.41, 5.74) is 0.594. The quantitative estimate of drug-likeness (QED) is 0.495. The molecule has 4 amide bonds. The summed E-state index contributed by atoms with van der Waals surface area (Å²) in [4.78, 5) is 38.8. The standard InChI is InChI=1S/C24H22ClFN2O5/c1-32-20-12-14(11-18(25)21(20)33-13-15-6-2-5-9-19(15)26)10-17-22(29)27-24(31)28(23(17)30)16-7-3-4-8-16/h2,5-6,9-12,16H,3-4,7-8,13H2,1H3,(H,27,29,31)/b17-10+. The van der Waals surface area contributed by atoms with Crippen molar-refractivity contribution in [1.82, 2.24) is 10.2 Å². The molecule has 4 rings (SSSR count). The van der Waals surface area contributed by atoms with Gasteiger partial charge in [-0.25, -0.2) is 9.18 Å². The number of methoxy groups -OCH3 is 1. The summed E-state index contributed by atoms with van der Waals surface area (Å²) in [6.07, 6.45) is 4.65. The molecule has 0 aromatic heterocycles. The average molecular weight is 473 g/mol. The normalized spacial score (nSPS) is 18.1. The van der Waals surface area contributed by atoms with E-state index in [0.29, 0.717) is 24.0 Å². The molecule has 0 atom stereocenters. The minimum atomic E-state index is -0.769. The van der Waals surface area contributed by atoms with Crippen molar-refractivity contribution >= 4 is 35.5 Å². The van der Waals surface area contributed by atoms with Gasteiger partial charge in [-0.15, -0.1) is 0 Å². The topological polar surface area (TPSA) is 84.9 Å². The van der Waals surface area contributed by atoms with Crippen LogP contribution in [-0.4, -0.2) is 35.9 Å². The number of hydrogen-bond donors (Lipinski definition) is 1. The average Bonchev–Trinajstić information content (AvgIpc) is 3.30. The fourth-order valence-electron chi connectivity index (χ4n) is 4.06. The molecule has 1 aliphatic heterocycles. The summed E-state index contributed by atoms with van der Waals surface area (Å²) < 4.78 is 25.0. The van der Waals surface area contributed by atoms with Crippen LogP contribution in [0.3, 0.4) is 0 Å². The summed E-state index contributed by atoms with van der Waals surface area (Å²) in [5.74, 6) is -1.36. The van der Waals surface area contributed by atoms with Crippen LogP contribution in [0.2, 0.25) is 5.02 Å². The summed E-state index contributed by atoms with van der Waals surface area (Å²) in [7, 11) is 1.41. The first-order chi connectivity index (χ1) is 15.9. The maximum atomic E-state index is 13.9. The van der Waals surface area contributed by atoms with Gasteiger partial charge in [0, 0.05) is 11.6 Å². The van der Waals surface area contributed by atoms with Gasteiger partial charge in [0.2, 0.25) is 0 Å².